The fourth-order valence-corrected chi connectivity index (χ4v) is 5.95. The lowest BCUT2D eigenvalue weighted by Gasteiger charge is -2.37. The summed E-state index contributed by atoms with van der Waals surface area (Å²) in [5.41, 5.74) is 3.33. The number of anilines is 5. The highest BCUT2D eigenvalue weighted by Crippen LogP contribution is 2.34. The van der Waals surface area contributed by atoms with Crippen molar-refractivity contribution in [1.29, 1.82) is 0 Å². The number of likely N-dealkylation sites (N-methyl/N-ethyl adjacent to an activating group) is 1. The van der Waals surface area contributed by atoms with Crippen LogP contribution in [0.5, 0.6) is 5.75 Å². The minimum Gasteiger partial charge on any atom is -0.495 e. The summed E-state index contributed by atoms with van der Waals surface area (Å²) in [4.78, 5) is 43.4. The Balaban J connectivity index is 1.15. The molecule has 0 unspecified atom stereocenters. The van der Waals surface area contributed by atoms with Gasteiger partial charge in [-0.05, 0) is 68.1 Å². The van der Waals surface area contributed by atoms with Gasteiger partial charge in [0, 0.05) is 74.0 Å². The Hall–Kier alpha value is -5.37. The molecular weight excluding hydrogens is 637 g/mol. The topological polar surface area (TPSA) is 106 Å². The highest BCUT2D eigenvalue weighted by molar-refractivity contribution is 6.04. The quantitative estimate of drug-likeness (QED) is 0.259. The number of aromatic nitrogens is 2. The van der Waals surface area contributed by atoms with E-state index in [0.29, 0.717) is 54.9 Å². The first-order chi connectivity index (χ1) is 23.4. The van der Waals surface area contributed by atoms with E-state index < -0.39 is 17.6 Å². The number of benzene rings is 3. The van der Waals surface area contributed by atoms with Gasteiger partial charge in [-0.25, -0.2) is 4.98 Å². The molecule has 4 aromatic rings. The van der Waals surface area contributed by atoms with Crippen molar-refractivity contribution in [2.45, 2.75) is 19.6 Å². The Morgan fingerprint density at radius 3 is 2.45 bits per heavy atom. The zero-order chi connectivity index (χ0) is 34.9. The fraction of sp³-hybridized carbons (Fsp3) is 0.314. The SMILES string of the molecule is COc1cc(C(=O)N2CCN(C)CC2)ccc1Nc1ncc2c(n1)N(C)CN(c1cc(NC(=O)c3cccc(C(F)(F)F)c3)ccc1C)C2. The highest BCUT2D eigenvalue weighted by atomic mass is 19.4. The molecule has 14 heteroatoms. The van der Waals surface area contributed by atoms with Gasteiger partial charge in [-0.15, -0.1) is 0 Å². The van der Waals surface area contributed by atoms with Crippen LogP contribution in [0.4, 0.5) is 42.0 Å². The molecule has 2 aliphatic rings. The van der Waals surface area contributed by atoms with E-state index in [2.05, 4.69) is 25.4 Å². The molecule has 3 heterocycles. The Kier molecular flexibility index (Phi) is 9.32. The molecule has 0 aliphatic carbocycles. The van der Waals surface area contributed by atoms with Gasteiger partial charge in [0.2, 0.25) is 5.95 Å². The number of nitrogens with one attached hydrogen (secondary N) is 2. The van der Waals surface area contributed by atoms with Gasteiger partial charge >= 0.3 is 6.18 Å². The lowest BCUT2D eigenvalue weighted by atomic mass is 10.1. The molecule has 0 saturated carbocycles. The molecular formula is C35H37F3N8O3. The third kappa shape index (κ3) is 7.38. The summed E-state index contributed by atoms with van der Waals surface area (Å²) >= 11 is 0. The van der Waals surface area contributed by atoms with Crippen LogP contribution in [-0.2, 0) is 12.7 Å². The molecule has 49 heavy (non-hydrogen) atoms. The van der Waals surface area contributed by atoms with E-state index in [1.807, 2.05) is 36.9 Å². The Morgan fingerprint density at radius 2 is 1.71 bits per heavy atom. The minimum atomic E-state index is -4.55. The van der Waals surface area contributed by atoms with Crippen molar-refractivity contribution in [2.75, 3.05) is 74.5 Å². The van der Waals surface area contributed by atoms with Crippen molar-refractivity contribution in [2.24, 2.45) is 0 Å². The van der Waals surface area contributed by atoms with Gasteiger partial charge in [0.25, 0.3) is 11.8 Å². The Labute approximate surface area is 282 Å². The highest BCUT2D eigenvalue weighted by Gasteiger charge is 2.31. The van der Waals surface area contributed by atoms with Gasteiger partial charge in [-0.3, -0.25) is 9.59 Å². The maximum Gasteiger partial charge on any atom is 0.416 e. The number of amides is 2. The largest absolute Gasteiger partial charge is 0.495 e. The molecule has 11 nitrogen and oxygen atoms in total. The number of rotatable bonds is 7. The maximum absolute atomic E-state index is 13.2. The summed E-state index contributed by atoms with van der Waals surface area (Å²) in [5, 5.41) is 5.96. The Bertz CT molecular complexity index is 1880. The molecule has 2 amide bonds. The maximum atomic E-state index is 13.2. The van der Waals surface area contributed by atoms with Crippen molar-refractivity contribution in [3.8, 4) is 5.75 Å². The molecule has 0 bridgehead atoms. The van der Waals surface area contributed by atoms with Crippen LogP contribution in [0.15, 0.2) is 66.9 Å². The van der Waals surface area contributed by atoms with Gasteiger partial charge in [-0.1, -0.05) is 12.1 Å². The van der Waals surface area contributed by atoms with Crippen LogP contribution in [0, 0.1) is 6.92 Å². The predicted octanol–water partition coefficient (Wildman–Crippen LogP) is 5.61. The molecule has 6 rings (SSSR count). The number of halogens is 3. The first-order valence-electron chi connectivity index (χ1n) is 15.7. The molecule has 1 aromatic heterocycles. The van der Waals surface area contributed by atoms with E-state index in [1.165, 1.54) is 12.1 Å². The van der Waals surface area contributed by atoms with Crippen molar-refractivity contribution in [3.05, 3.63) is 94.7 Å². The summed E-state index contributed by atoms with van der Waals surface area (Å²) in [5.74, 6) is 0.930. The number of nitrogens with zero attached hydrogens (tertiary/aromatic N) is 6. The zero-order valence-corrected chi connectivity index (χ0v) is 27.6. The van der Waals surface area contributed by atoms with Gasteiger partial charge in [0.15, 0.2) is 0 Å². The molecule has 3 aromatic carbocycles. The summed E-state index contributed by atoms with van der Waals surface area (Å²) < 4.78 is 45.1. The molecule has 0 spiro atoms. The standard InChI is InChI=1S/C35H37F3N8O3/c1-22-8-10-27(40-32(47)23-6-5-7-26(16-23)35(36,37)38)18-29(22)46-20-25-19-39-34(42-31(25)44(3)21-46)41-28-11-9-24(17-30(28)49-4)33(48)45-14-12-43(2)13-15-45/h5-11,16-19H,12-15,20-21H2,1-4H3,(H,40,47)(H,39,41,42). The lowest BCUT2D eigenvalue weighted by molar-refractivity contribution is -0.137. The molecule has 0 radical (unpaired) electrons. The molecule has 0 atom stereocenters. The van der Waals surface area contributed by atoms with Gasteiger partial charge < -0.3 is 35.0 Å². The summed E-state index contributed by atoms with van der Waals surface area (Å²) in [6.45, 7) is 5.93. The number of alkyl halides is 3. The normalized spacial score (nSPS) is 15.1. The van der Waals surface area contributed by atoms with E-state index in [1.54, 1.807) is 43.6 Å². The second-order valence-electron chi connectivity index (χ2n) is 12.2. The van der Waals surface area contributed by atoms with Crippen LogP contribution in [0.3, 0.4) is 0 Å². The minimum absolute atomic E-state index is 0.0342. The number of hydrogen-bond donors (Lipinski definition) is 2. The third-order valence-electron chi connectivity index (χ3n) is 8.69. The number of carbonyl (C=O) groups is 2. The number of carbonyl (C=O) groups excluding carboxylic acids is 2. The van der Waals surface area contributed by atoms with Crippen molar-refractivity contribution in [3.63, 3.8) is 0 Å². The van der Waals surface area contributed by atoms with E-state index in [0.717, 1.165) is 47.9 Å². The van der Waals surface area contributed by atoms with Gasteiger partial charge in [-0.2, -0.15) is 18.2 Å². The Morgan fingerprint density at radius 1 is 0.939 bits per heavy atom. The van der Waals surface area contributed by atoms with Crippen LogP contribution in [0.25, 0.3) is 0 Å². The van der Waals surface area contributed by atoms with Crippen molar-refractivity contribution in [1.82, 2.24) is 19.8 Å². The van der Waals surface area contributed by atoms with Crippen molar-refractivity contribution >= 4 is 40.6 Å². The van der Waals surface area contributed by atoms with Gasteiger partial charge in [0.1, 0.15) is 11.6 Å². The summed E-state index contributed by atoms with van der Waals surface area (Å²) in [6, 6.07) is 15.0. The first-order valence-corrected chi connectivity index (χ1v) is 15.7. The van der Waals surface area contributed by atoms with E-state index in [-0.39, 0.29) is 11.5 Å². The number of ether oxygens (including phenoxy) is 1. The average Bonchev–Trinajstić information content (AvgIpc) is 3.09. The number of piperazine rings is 1. The van der Waals surface area contributed by atoms with Crippen LogP contribution in [0.1, 0.15) is 37.4 Å². The molecule has 2 N–H and O–H groups in total. The summed E-state index contributed by atoms with van der Waals surface area (Å²) in [7, 11) is 5.51. The predicted molar refractivity (Wildman–Crippen MR) is 182 cm³/mol. The molecule has 1 fully saturated rings. The van der Waals surface area contributed by atoms with Crippen LogP contribution >= 0.6 is 0 Å². The first kappa shape index (κ1) is 33.5. The number of methoxy groups -OCH3 is 1. The van der Waals surface area contributed by atoms with Crippen LogP contribution in [0.2, 0.25) is 0 Å². The van der Waals surface area contributed by atoms with Crippen LogP contribution in [-0.4, -0.2) is 85.6 Å². The summed E-state index contributed by atoms with van der Waals surface area (Å²) in [6.07, 6.45) is -2.80. The number of hydrogen-bond acceptors (Lipinski definition) is 9. The van der Waals surface area contributed by atoms with Gasteiger partial charge in [0.05, 0.1) is 25.0 Å². The third-order valence-corrected chi connectivity index (χ3v) is 8.69. The zero-order valence-electron chi connectivity index (χ0n) is 27.6. The van der Waals surface area contributed by atoms with E-state index in [4.69, 9.17) is 9.72 Å². The second-order valence-corrected chi connectivity index (χ2v) is 12.2. The molecule has 2 aliphatic heterocycles. The van der Waals surface area contributed by atoms with Crippen LogP contribution < -0.4 is 25.2 Å². The average molecular weight is 675 g/mol. The fourth-order valence-electron chi connectivity index (χ4n) is 5.95. The van der Waals surface area contributed by atoms with E-state index in [9.17, 15) is 22.8 Å². The smallest absolute Gasteiger partial charge is 0.416 e. The molecule has 256 valence electrons. The lowest BCUT2D eigenvalue weighted by Crippen LogP contribution is -2.47. The number of aryl methyl sites for hydroxylation is 1. The molecule has 1 saturated heterocycles. The second kappa shape index (κ2) is 13.6. The number of fused-ring (bicyclic) bond motifs is 1. The van der Waals surface area contributed by atoms with E-state index >= 15 is 0 Å². The van der Waals surface area contributed by atoms with Crippen molar-refractivity contribution < 1.29 is 27.5 Å². The monoisotopic (exact) mass is 674 g/mol.